The van der Waals surface area contributed by atoms with Gasteiger partial charge in [0, 0.05) is 17.2 Å². The molecule has 0 spiro atoms. The highest BCUT2D eigenvalue weighted by atomic mass is 35.5. The molecule has 0 radical (unpaired) electrons. The zero-order valence-corrected chi connectivity index (χ0v) is 14.1. The molecule has 6 heteroatoms. The third kappa shape index (κ3) is 3.02. The molecule has 0 aliphatic heterocycles. The van der Waals surface area contributed by atoms with E-state index in [2.05, 4.69) is 4.98 Å². The Kier molecular flexibility index (Phi) is 3.78. The quantitative estimate of drug-likeness (QED) is 0.761. The van der Waals surface area contributed by atoms with E-state index in [9.17, 15) is 13.5 Å². The van der Waals surface area contributed by atoms with Crippen LogP contribution in [-0.2, 0) is 9.84 Å². The largest absolute Gasteiger partial charge is 0.506 e. The van der Waals surface area contributed by atoms with Crippen molar-refractivity contribution in [2.45, 2.75) is 11.8 Å². The molecule has 0 unspecified atom stereocenters. The van der Waals surface area contributed by atoms with Crippen LogP contribution in [0.5, 0.6) is 5.75 Å². The Balaban J connectivity index is 2.15. The lowest BCUT2D eigenvalue weighted by Crippen LogP contribution is -1.96. The fourth-order valence-corrected chi connectivity index (χ4v) is 3.21. The van der Waals surface area contributed by atoms with Crippen LogP contribution < -0.4 is 0 Å². The number of sulfone groups is 1. The number of aryl methyl sites for hydroxylation is 1. The van der Waals surface area contributed by atoms with Gasteiger partial charge in [0.15, 0.2) is 9.84 Å². The van der Waals surface area contributed by atoms with Crippen LogP contribution in [0.1, 0.15) is 5.56 Å². The van der Waals surface area contributed by atoms with Crippen molar-refractivity contribution < 1.29 is 13.5 Å². The SMILES string of the molecule is Cc1cc(-c2ccc(S(C)(=O)=O)cc2)nc2cc(Cl)c(O)cc12. The summed E-state index contributed by atoms with van der Waals surface area (Å²) in [5.41, 5.74) is 3.16. The minimum atomic E-state index is -3.22. The van der Waals surface area contributed by atoms with Crippen LogP contribution in [0.25, 0.3) is 22.2 Å². The highest BCUT2D eigenvalue weighted by Crippen LogP contribution is 2.32. The second kappa shape index (κ2) is 5.51. The molecule has 23 heavy (non-hydrogen) atoms. The van der Waals surface area contributed by atoms with Crippen molar-refractivity contribution >= 4 is 32.3 Å². The molecule has 0 bridgehead atoms. The molecule has 3 aromatic rings. The normalized spacial score (nSPS) is 11.8. The number of aromatic hydroxyl groups is 1. The molecule has 0 aliphatic carbocycles. The van der Waals surface area contributed by atoms with Gasteiger partial charge in [-0.2, -0.15) is 0 Å². The van der Waals surface area contributed by atoms with Gasteiger partial charge in [-0.05, 0) is 42.8 Å². The third-order valence-electron chi connectivity index (χ3n) is 3.66. The predicted molar refractivity (Wildman–Crippen MR) is 91.7 cm³/mol. The maximum atomic E-state index is 11.5. The number of phenols is 1. The van der Waals surface area contributed by atoms with Crippen molar-refractivity contribution in [3.05, 3.63) is 53.1 Å². The number of nitrogens with zero attached hydrogens (tertiary/aromatic N) is 1. The molecule has 0 aliphatic rings. The van der Waals surface area contributed by atoms with Gasteiger partial charge in [0.1, 0.15) is 5.75 Å². The smallest absolute Gasteiger partial charge is 0.175 e. The lowest BCUT2D eigenvalue weighted by atomic mass is 10.0. The Hall–Kier alpha value is -2.11. The zero-order valence-electron chi connectivity index (χ0n) is 12.5. The van der Waals surface area contributed by atoms with Gasteiger partial charge in [-0.3, -0.25) is 0 Å². The van der Waals surface area contributed by atoms with Gasteiger partial charge >= 0.3 is 0 Å². The lowest BCUT2D eigenvalue weighted by molar-refractivity contribution is 0.476. The van der Waals surface area contributed by atoms with E-state index >= 15 is 0 Å². The van der Waals surface area contributed by atoms with Crippen molar-refractivity contribution in [3.63, 3.8) is 0 Å². The maximum absolute atomic E-state index is 11.5. The third-order valence-corrected chi connectivity index (χ3v) is 5.09. The first-order chi connectivity index (χ1) is 10.8. The minimum absolute atomic E-state index is 0.0225. The summed E-state index contributed by atoms with van der Waals surface area (Å²) >= 11 is 5.95. The molecule has 118 valence electrons. The summed E-state index contributed by atoms with van der Waals surface area (Å²) in [7, 11) is -3.22. The topological polar surface area (TPSA) is 67.3 Å². The first kappa shape index (κ1) is 15.8. The number of hydrogen-bond acceptors (Lipinski definition) is 4. The molecular formula is C17H14ClNO3S. The van der Waals surface area contributed by atoms with Gasteiger partial charge in [0.05, 0.1) is 21.1 Å². The molecular weight excluding hydrogens is 334 g/mol. The maximum Gasteiger partial charge on any atom is 0.175 e. The van der Waals surface area contributed by atoms with Gasteiger partial charge in [0.2, 0.25) is 0 Å². The van der Waals surface area contributed by atoms with Crippen LogP contribution in [0, 0.1) is 6.92 Å². The van der Waals surface area contributed by atoms with Crippen LogP contribution in [0.15, 0.2) is 47.4 Å². The summed E-state index contributed by atoms with van der Waals surface area (Å²) in [5, 5.41) is 10.8. The number of pyridine rings is 1. The monoisotopic (exact) mass is 347 g/mol. The van der Waals surface area contributed by atoms with E-state index in [0.29, 0.717) is 5.52 Å². The molecule has 0 amide bonds. The molecule has 2 aromatic carbocycles. The standard InChI is InChI=1S/C17H14ClNO3S/c1-10-7-15(11-3-5-12(6-4-11)23(2,21)22)19-16-9-14(18)17(20)8-13(10)16/h3-9,20H,1-2H3. The number of halogens is 1. The molecule has 0 fully saturated rings. The second-order valence-electron chi connectivity index (χ2n) is 5.44. The Labute approximate surface area is 139 Å². The van der Waals surface area contributed by atoms with Gasteiger partial charge in [-0.25, -0.2) is 13.4 Å². The summed E-state index contributed by atoms with van der Waals surface area (Å²) in [5.74, 6) is 0.0225. The van der Waals surface area contributed by atoms with Crippen molar-refractivity contribution in [1.82, 2.24) is 4.98 Å². The highest BCUT2D eigenvalue weighted by molar-refractivity contribution is 7.90. The number of rotatable bonds is 2. The van der Waals surface area contributed by atoms with Crippen molar-refractivity contribution in [2.75, 3.05) is 6.26 Å². The molecule has 4 nitrogen and oxygen atoms in total. The van der Waals surface area contributed by atoms with E-state index in [1.165, 1.54) is 6.26 Å². The van der Waals surface area contributed by atoms with E-state index in [-0.39, 0.29) is 15.7 Å². The first-order valence-corrected chi connectivity index (χ1v) is 9.13. The fraction of sp³-hybridized carbons (Fsp3) is 0.118. The second-order valence-corrected chi connectivity index (χ2v) is 7.86. The van der Waals surface area contributed by atoms with Crippen molar-refractivity contribution in [1.29, 1.82) is 0 Å². The summed E-state index contributed by atoms with van der Waals surface area (Å²) in [6.07, 6.45) is 1.18. The van der Waals surface area contributed by atoms with E-state index in [4.69, 9.17) is 11.6 Å². The molecule has 1 aromatic heterocycles. The van der Waals surface area contributed by atoms with E-state index in [1.807, 2.05) is 13.0 Å². The molecule has 3 rings (SSSR count). The molecule has 0 atom stereocenters. The van der Waals surface area contributed by atoms with Crippen LogP contribution in [0.4, 0.5) is 0 Å². The average Bonchev–Trinajstić information content (AvgIpc) is 2.48. The average molecular weight is 348 g/mol. The van der Waals surface area contributed by atoms with Gasteiger partial charge in [-0.15, -0.1) is 0 Å². The fourth-order valence-electron chi connectivity index (χ4n) is 2.43. The summed E-state index contributed by atoms with van der Waals surface area (Å²) < 4.78 is 23.1. The highest BCUT2D eigenvalue weighted by Gasteiger charge is 2.10. The van der Waals surface area contributed by atoms with E-state index < -0.39 is 9.84 Å². The molecule has 1 heterocycles. The van der Waals surface area contributed by atoms with Gasteiger partial charge < -0.3 is 5.11 Å². The first-order valence-electron chi connectivity index (χ1n) is 6.86. The Morgan fingerprint density at radius 3 is 2.35 bits per heavy atom. The Morgan fingerprint density at radius 1 is 1.09 bits per heavy atom. The number of aromatic nitrogens is 1. The number of fused-ring (bicyclic) bond motifs is 1. The predicted octanol–water partition coefficient (Wildman–Crippen LogP) is 3.97. The van der Waals surface area contributed by atoms with Crippen LogP contribution in [0.3, 0.4) is 0 Å². The molecule has 0 saturated heterocycles. The van der Waals surface area contributed by atoms with Crippen molar-refractivity contribution in [2.24, 2.45) is 0 Å². The van der Waals surface area contributed by atoms with Crippen LogP contribution in [0.2, 0.25) is 5.02 Å². The Morgan fingerprint density at radius 2 is 1.74 bits per heavy atom. The summed E-state index contributed by atoms with van der Waals surface area (Å²) in [6.45, 7) is 1.92. The van der Waals surface area contributed by atoms with E-state index in [0.717, 1.165) is 22.2 Å². The zero-order chi connectivity index (χ0) is 16.8. The van der Waals surface area contributed by atoms with Gasteiger partial charge in [0.25, 0.3) is 0 Å². The van der Waals surface area contributed by atoms with Crippen LogP contribution in [-0.4, -0.2) is 24.8 Å². The number of benzene rings is 2. The summed E-state index contributed by atoms with van der Waals surface area (Å²) in [6, 6.07) is 11.7. The number of phenolic OH excluding ortho intramolecular Hbond substituents is 1. The Bertz CT molecular complexity index is 1010. The van der Waals surface area contributed by atoms with Crippen LogP contribution >= 0.6 is 11.6 Å². The van der Waals surface area contributed by atoms with Gasteiger partial charge in [-0.1, -0.05) is 23.7 Å². The minimum Gasteiger partial charge on any atom is -0.506 e. The number of hydrogen-bond donors (Lipinski definition) is 1. The molecule has 1 N–H and O–H groups in total. The lowest BCUT2D eigenvalue weighted by Gasteiger charge is -2.09. The molecule has 0 saturated carbocycles. The van der Waals surface area contributed by atoms with Crippen molar-refractivity contribution in [3.8, 4) is 17.0 Å². The van der Waals surface area contributed by atoms with E-state index in [1.54, 1.807) is 36.4 Å². The summed E-state index contributed by atoms with van der Waals surface area (Å²) in [4.78, 5) is 4.83.